The molecule has 0 fully saturated rings. The Morgan fingerprint density at radius 3 is 1.62 bits per heavy atom. The Hall–Kier alpha value is -6.39. The van der Waals surface area contributed by atoms with Crippen LogP contribution in [0.15, 0.2) is 167 Å². The molecule has 4 heteroatoms. The van der Waals surface area contributed by atoms with Crippen LogP contribution in [-0.2, 0) is 0 Å². The molecule has 0 atom stereocenters. The van der Waals surface area contributed by atoms with Gasteiger partial charge in [0, 0.05) is 32.8 Å². The van der Waals surface area contributed by atoms with Crippen molar-refractivity contribution in [3.05, 3.63) is 158 Å². The second kappa shape index (κ2) is 10.1. The Morgan fingerprint density at radius 2 is 0.979 bits per heavy atom. The lowest BCUT2D eigenvalue weighted by molar-refractivity contribution is 0.658. The average Bonchev–Trinajstić information content (AvgIpc) is 3.82. The molecule has 10 aromatic rings. The van der Waals surface area contributed by atoms with Crippen LogP contribution in [-0.4, -0.2) is 9.55 Å². The van der Waals surface area contributed by atoms with E-state index in [0.717, 1.165) is 88.7 Å². The third-order valence-electron chi connectivity index (χ3n) is 9.22. The summed E-state index contributed by atoms with van der Waals surface area (Å²) in [6.07, 6.45) is 0. The molecule has 0 aliphatic heterocycles. The lowest BCUT2D eigenvalue weighted by Crippen LogP contribution is -1.97. The van der Waals surface area contributed by atoms with E-state index in [9.17, 15) is 0 Å². The lowest BCUT2D eigenvalue weighted by atomic mass is 9.98. The zero-order valence-electron chi connectivity index (χ0n) is 25.2. The number of nitrogens with zero attached hydrogens (tertiary/aromatic N) is 2. The summed E-state index contributed by atoms with van der Waals surface area (Å²) in [5.74, 6) is 0.901. The summed E-state index contributed by atoms with van der Waals surface area (Å²) in [5, 5.41) is 4.36. The Kier molecular flexibility index (Phi) is 5.54. The van der Waals surface area contributed by atoms with Gasteiger partial charge >= 0.3 is 0 Å². The molecule has 0 bridgehead atoms. The quantitative estimate of drug-likeness (QED) is 0.201. The van der Waals surface area contributed by atoms with Gasteiger partial charge < -0.3 is 8.83 Å². The summed E-state index contributed by atoms with van der Waals surface area (Å²) in [6.45, 7) is 0. The van der Waals surface area contributed by atoms with E-state index in [2.05, 4.69) is 126 Å². The summed E-state index contributed by atoms with van der Waals surface area (Å²) in [6, 6.07) is 54.7. The van der Waals surface area contributed by atoms with E-state index in [0.29, 0.717) is 0 Å². The number of hydrogen-bond donors (Lipinski definition) is 0. The lowest BCUT2D eigenvalue weighted by Gasteiger charge is -2.11. The molecule has 0 aliphatic rings. The minimum Gasteiger partial charge on any atom is -0.455 e. The van der Waals surface area contributed by atoms with Crippen molar-refractivity contribution in [2.45, 2.75) is 0 Å². The molecule has 4 nitrogen and oxygen atoms in total. The number of aromatic nitrogens is 2. The van der Waals surface area contributed by atoms with Crippen LogP contribution in [0, 0.1) is 0 Å². The largest absolute Gasteiger partial charge is 0.455 e. The van der Waals surface area contributed by atoms with Crippen molar-refractivity contribution >= 4 is 54.9 Å². The van der Waals surface area contributed by atoms with Gasteiger partial charge in [0.1, 0.15) is 28.2 Å². The summed E-state index contributed by atoms with van der Waals surface area (Å²) >= 11 is 0. The molecule has 3 heterocycles. The first kappa shape index (κ1) is 25.9. The van der Waals surface area contributed by atoms with Gasteiger partial charge in [-0.15, -0.1) is 0 Å². The highest BCUT2D eigenvalue weighted by atomic mass is 16.3. The molecule has 220 valence electrons. The summed E-state index contributed by atoms with van der Waals surface area (Å²) in [4.78, 5) is 5.19. The number of rotatable bonds is 4. The van der Waals surface area contributed by atoms with E-state index in [4.69, 9.17) is 13.8 Å². The van der Waals surface area contributed by atoms with Crippen LogP contribution < -0.4 is 0 Å². The SMILES string of the molecule is c1ccc(-c2ccc3c(c2)nc(-c2ccccc2)n3-c2ccc(-c3c4oc5ccccc5c4cc4c3oc3ccccc34)cc2)cc1. The number of imidazole rings is 1. The standard InChI is InChI=1S/C43H26N2O2/c1-3-11-27(12-4-1)30-21-24-37-36(25-30)44-43(29-13-5-2-6-14-29)45(37)31-22-19-28(20-23-31)40-41-34(32-15-7-9-17-38(32)46-41)26-35-33-16-8-10-18-39(33)47-42(35)40/h1-26H. The zero-order chi connectivity index (χ0) is 30.9. The summed E-state index contributed by atoms with van der Waals surface area (Å²) in [5.41, 5.74) is 11.8. The van der Waals surface area contributed by atoms with Crippen molar-refractivity contribution in [1.82, 2.24) is 9.55 Å². The predicted molar refractivity (Wildman–Crippen MR) is 192 cm³/mol. The first-order valence-electron chi connectivity index (χ1n) is 15.8. The normalized spacial score (nSPS) is 11.8. The molecule has 47 heavy (non-hydrogen) atoms. The molecule has 0 spiro atoms. The van der Waals surface area contributed by atoms with Gasteiger partial charge in [0.05, 0.1) is 16.6 Å². The maximum atomic E-state index is 6.55. The first-order valence-corrected chi connectivity index (χ1v) is 15.8. The van der Waals surface area contributed by atoms with Gasteiger partial charge in [0.15, 0.2) is 0 Å². The molecule has 0 aliphatic carbocycles. The number of benzene rings is 7. The highest BCUT2D eigenvalue weighted by molar-refractivity contribution is 6.22. The molecule has 7 aromatic carbocycles. The minimum absolute atomic E-state index is 0.831. The fourth-order valence-corrected chi connectivity index (χ4v) is 7.01. The molecule has 0 N–H and O–H groups in total. The topological polar surface area (TPSA) is 44.1 Å². The molecule has 0 radical (unpaired) electrons. The highest BCUT2D eigenvalue weighted by Crippen LogP contribution is 2.44. The van der Waals surface area contributed by atoms with Crippen molar-refractivity contribution in [2.24, 2.45) is 0 Å². The monoisotopic (exact) mass is 602 g/mol. The van der Waals surface area contributed by atoms with Crippen LogP contribution in [0.4, 0.5) is 0 Å². The average molecular weight is 603 g/mol. The minimum atomic E-state index is 0.831. The molecule has 0 saturated heterocycles. The van der Waals surface area contributed by atoms with Crippen molar-refractivity contribution in [3.63, 3.8) is 0 Å². The van der Waals surface area contributed by atoms with Crippen molar-refractivity contribution in [3.8, 4) is 39.3 Å². The van der Waals surface area contributed by atoms with Crippen molar-refractivity contribution in [1.29, 1.82) is 0 Å². The second-order valence-electron chi connectivity index (χ2n) is 12.0. The Balaban J connectivity index is 1.19. The van der Waals surface area contributed by atoms with E-state index in [1.54, 1.807) is 0 Å². The van der Waals surface area contributed by atoms with Gasteiger partial charge in [-0.05, 0) is 59.2 Å². The fraction of sp³-hybridized carbons (Fsp3) is 0. The summed E-state index contributed by atoms with van der Waals surface area (Å²) < 4.78 is 15.4. The second-order valence-corrected chi connectivity index (χ2v) is 12.0. The van der Waals surface area contributed by atoms with Crippen LogP contribution in [0.5, 0.6) is 0 Å². The summed E-state index contributed by atoms with van der Waals surface area (Å²) in [7, 11) is 0. The van der Waals surface area contributed by atoms with Gasteiger partial charge in [-0.1, -0.05) is 115 Å². The van der Waals surface area contributed by atoms with Gasteiger partial charge in [-0.2, -0.15) is 0 Å². The van der Waals surface area contributed by atoms with Crippen LogP contribution in [0.25, 0.3) is 94.2 Å². The zero-order valence-corrected chi connectivity index (χ0v) is 25.2. The van der Waals surface area contributed by atoms with Crippen molar-refractivity contribution in [2.75, 3.05) is 0 Å². The van der Waals surface area contributed by atoms with Crippen LogP contribution in [0.2, 0.25) is 0 Å². The molecular formula is C43H26N2O2. The van der Waals surface area contributed by atoms with Crippen LogP contribution in [0.1, 0.15) is 0 Å². The number of furan rings is 2. The van der Waals surface area contributed by atoms with E-state index in [1.807, 2.05) is 36.4 Å². The maximum Gasteiger partial charge on any atom is 0.147 e. The maximum absolute atomic E-state index is 6.55. The molecule has 10 rings (SSSR count). The number of fused-ring (bicyclic) bond motifs is 7. The van der Waals surface area contributed by atoms with Gasteiger partial charge in [-0.25, -0.2) is 4.98 Å². The third-order valence-corrected chi connectivity index (χ3v) is 9.22. The Morgan fingerprint density at radius 1 is 0.426 bits per heavy atom. The molecule has 3 aromatic heterocycles. The predicted octanol–water partition coefficient (Wildman–Crippen LogP) is 11.8. The third kappa shape index (κ3) is 3.98. The Bertz CT molecular complexity index is 2680. The molecule has 0 amide bonds. The smallest absolute Gasteiger partial charge is 0.147 e. The molecule has 0 saturated carbocycles. The van der Waals surface area contributed by atoms with Crippen LogP contribution >= 0.6 is 0 Å². The first-order chi connectivity index (χ1) is 23.3. The number of para-hydroxylation sites is 2. The van der Waals surface area contributed by atoms with Gasteiger partial charge in [0.2, 0.25) is 0 Å². The van der Waals surface area contributed by atoms with Crippen LogP contribution in [0.3, 0.4) is 0 Å². The van der Waals surface area contributed by atoms with E-state index in [1.165, 1.54) is 5.56 Å². The number of hydrogen-bond acceptors (Lipinski definition) is 3. The molecular weight excluding hydrogens is 576 g/mol. The van der Waals surface area contributed by atoms with Gasteiger partial charge in [-0.3, -0.25) is 4.57 Å². The molecule has 0 unspecified atom stereocenters. The van der Waals surface area contributed by atoms with Gasteiger partial charge in [0.25, 0.3) is 0 Å². The fourth-order valence-electron chi connectivity index (χ4n) is 7.01. The Labute approximate surface area is 269 Å². The van der Waals surface area contributed by atoms with E-state index in [-0.39, 0.29) is 0 Å². The van der Waals surface area contributed by atoms with E-state index >= 15 is 0 Å². The van der Waals surface area contributed by atoms with E-state index < -0.39 is 0 Å². The van der Waals surface area contributed by atoms with Crippen molar-refractivity contribution < 1.29 is 8.83 Å². The highest BCUT2D eigenvalue weighted by Gasteiger charge is 2.22.